The lowest BCUT2D eigenvalue weighted by Gasteiger charge is -2.16. The van der Waals surface area contributed by atoms with Gasteiger partial charge in [-0.25, -0.2) is 4.79 Å². The molecule has 0 spiro atoms. The van der Waals surface area contributed by atoms with Crippen molar-refractivity contribution in [3.8, 4) is 5.75 Å². The molecule has 0 aliphatic rings. The fraction of sp³-hybridized carbons (Fsp3) is 0.385. The highest BCUT2D eigenvalue weighted by atomic mass is 16.5. The second-order valence-electron chi connectivity index (χ2n) is 3.79. The Kier molecular flexibility index (Phi) is 5.17. The van der Waals surface area contributed by atoms with Crippen molar-refractivity contribution in [3.05, 3.63) is 29.8 Å². The van der Waals surface area contributed by atoms with Gasteiger partial charge in [0.15, 0.2) is 0 Å². The molecule has 0 aliphatic heterocycles. The fourth-order valence-corrected chi connectivity index (χ4v) is 1.67. The number of nitrogens with one attached hydrogen (secondary N) is 1. The molecule has 1 aromatic carbocycles. The van der Waals surface area contributed by atoms with Crippen LogP contribution >= 0.6 is 0 Å². The van der Waals surface area contributed by atoms with Gasteiger partial charge in [0, 0.05) is 13.3 Å². The van der Waals surface area contributed by atoms with Crippen LogP contribution < -0.4 is 10.1 Å². The molecule has 1 atom stereocenters. The number of carbonyl (C=O) groups excluding carboxylic acids is 2. The number of ether oxygens (including phenoxy) is 2. The van der Waals surface area contributed by atoms with Crippen molar-refractivity contribution in [2.24, 2.45) is 0 Å². The zero-order valence-electron chi connectivity index (χ0n) is 10.7. The number of amides is 1. The van der Waals surface area contributed by atoms with Crippen molar-refractivity contribution in [2.75, 3.05) is 14.2 Å². The Morgan fingerprint density at radius 2 is 1.94 bits per heavy atom. The average molecular weight is 251 g/mol. The molecule has 0 bridgehead atoms. The number of hydrogen-bond donors (Lipinski definition) is 1. The third kappa shape index (κ3) is 3.76. The first-order chi connectivity index (χ1) is 8.58. The normalized spacial score (nSPS) is 11.5. The Labute approximate surface area is 106 Å². The van der Waals surface area contributed by atoms with E-state index in [1.807, 2.05) is 18.2 Å². The molecular weight excluding hydrogens is 234 g/mol. The summed E-state index contributed by atoms with van der Waals surface area (Å²) in [5.41, 5.74) is 0.837. The highest BCUT2D eigenvalue weighted by molar-refractivity contribution is 5.83. The van der Waals surface area contributed by atoms with E-state index in [0.29, 0.717) is 12.2 Å². The van der Waals surface area contributed by atoms with E-state index in [1.165, 1.54) is 14.0 Å². The SMILES string of the molecule is COC(=O)C(Cc1ccccc1OC)NC(C)=O. The van der Waals surface area contributed by atoms with Crippen LogP contribution in [0.4, 0.5) is 0 Å². The smallest absolute Gasteiger partial charge is 0.328 e. The quantitative estimate of drug-likeness (QED) is 0.790. The molecule has 0 fully saturated rings. The zero-order chi connectivity index (χ0) is 13.5. The van der Waals surface area contributed by atoms with Crippen molar-refractivity contribution in [2.45, 2.75) is 19.4 Å². The molecule has 0 aromatic heterocycles. The minimum absolute atomic E-state index is 0.278. The summed E-state index contributed by atoms with van der Waals surface area (Å²) in [6.07, 6.45) is 0.330. The number of para-hydroxylation sites is 1. The van der Waals surface area contributed by atoms with Crippen LogP contribution in [0.3, 0.4) is 0 Å². The number of methoxy groups -OCH3 is 2. The summed E-state index contributed by atoms with van der Waals surface area (Å²) >= 11 is 0. The van der Waals surface area contributed by atoms with E-state index in [1.54, 1.807) is 13.2 Å². The second kappa shape index (κ2) is 6.64. The van der Waals surface area contributed by atoms with Crippen LogP contribution in [0.25, 0.3) is 0 Å². The van der Waals surface area contributed by atoms with Gasteiger partial charge in [0.25, 0.3) is 0 Å². The lowest BCUT2D eigenvalue weighted by molar-refractivity contribution is -0.144. The molecule has 1 N–H and O–H groups in total. The van der Waals surface area contributed by atoms with E-state index in [2.05, 4.69) is 10.1 Å². The first-order valence-electron chi connectivity index (χ1n) is 5.55. The highest BCUT2D eigenvalue weighted by Gasteiger charge is 2.21. The average Bonchev–Trinajstić information content (AvgIpc) is 2.37. The Morgan fingerprint density at radius 3 is 2.50 bits per heavy atom. The van der Waals surface area contributed by atoms with Crippen LogP contribution in [0.2, 0.25) is 0 Å². The van der Waals surface area contributed by atoms with Crippen LogP contribution in [0.1, 0.15) is 12.5 Å². The molecule has 1 amide bonds. The van der Waals surface area contributed by atoms with Gasteiger partial charge in [-0.3, -0.25) is 4.79 Å². The van der Waals surface area contributed by atoms with Crippen molar-refractivity contribution in [1.29, 1.82) is 0 Å². The Bertz CT molecular complexity index is 431. The van der Waals surface area contributed by atoms with E-state index in [9.17, 15) is 9.59 Å². The van der Waals surface area contributed by atoms with Gasteiger partial charge in [0.05, 0.1) is 14.2 Å². The molecule has 5 heteroatoms. The van der Waals surface area contributed by atoms with Gasteiger partial charge in [-0.05, 0) is 11.6 Å². The second-order valence-corrected chi connectivity index (χ2v) is 3.79. The molecule has 18 heavy (non-hydrogen) atoms. The van der Waals surface area contributed by atoms with Crippen LogP contribution in [0.15, 0.2) is 24.3 Å². The molecule has 1 unspecified atom stereocenters. The van der Waals surface area contributed by atoms with Crippen LogP contribution in [-0.2, 0) is 20.7 Å². The van der Waals surface area contributed by atoms with Gasteiger partial charge >= 0.3 is 5.97 Å². The topological polar surface area (TPSA) is 64.6 Å². The predicted molar refractivity (Wildman–Crippen MR) is 66.3 cm³/mol. The lowest BCUT2D eigenvalue weighted by Crippen LogP contribution is -2.42. The Balaban J connectivity index is 2.88. The maximum absolute atomic E-state index is 11.6. The Hall–Kier alpha value is -2.04. The van der Waals surface area contributed by atoms with Gasteiger partial charge in [-0.15, -0.1) is 0 Å². The molecule has 1 rings (SSSR count). The summed E-state index contributed by atoms with van der Waals surface area (Å²) in [7, 11) is 2.85. The molecule has 0 heterocycles. The molecule has 0 saturated heterocycles. The van der Waals surface area contributed by atoms with Crippen LogP contribution in [0, 0.1) is 0 Å². The molecule has 1 aromatic rings. The number of esters is 1. The van der Waals surface area contributed by atoms with Gasteiger partial charge in [0.2, 0.25) is 5.91 Å². The van der Waals surface area contributed by atoms with Crippen molar-refractivity contribution in [3.63, 3.8) is 0 Å². The van der Waals surface area contributed by atoms with E-state index in [0.717, 1.165) is 5.56 Å². The Morgan fingerprint density at radius 1 is 1.28 bits per heavy atom. The first kappa shape index (κ1) is 14.0. The van der Waals surface area contributed by atoms with E-state index in [-0.39, 0.29) is 5.91 Å². The van der Waals surface area contributed by atoms with E-state index < -0.39 is 12.0 Å². The molecule has 0 aliphatic carbocycles. The maximum atomic E-state index is 11.6. The number of carbonyl (C=O) groups is 2. The summed E-state index contributed by atoms with van der Waals surface area (Å²) < 4.78 is 9.86. The van der Waals surface area contributed by atoms with Gasteiger partial charge < -0.3 is 14.8 Å². The molecule has 0 saturated carbocycles. The lowest BCUT2D eigenvalue weighted by atomic mass is 10.0. The van der Waals surface area contributed by atoms with E-state index >= 15 is 0 Å². The third-order valence-electron chi connectivity index (χ3n) is 2.48. The van der Waals surface area contributed by atoms with E-state index in [4.69, 9.17) is 4.74 Å². The first-order valence-corrected chi connectivity index (χ1v) is 5.55. The summed E-state index contributed by atoms with van der Waals surface area (Å²) in [6, 6.07) is 6.63. The predicted octanol–water partition coefficient (Wildman–Crippen LogP) is 0.915. The van der Waals surface area contributed by atoms with Crippen molar-refractivity contribution < 1.29 is 19.1 Å². The largest absolute Gasteiger partial charge is 0.496 e. The maximum Gasteiger partial charge on any atom is 0.328 e. The summed E-state index contributed by atoms with van der Waals surface area (Å²) in [4.78, 5) is 22.6. The van der Waals surface area contributed by atoms with Gasteiger partial charge in [0.1, 0.15) is 11.8 Å². The zero-order valence-corrected chi connectivity index (χ0v) is 10.7. The highest BCUT2D eigenvalue weighted by Crippen LogP contribution is 2.19. The summed E-state index contributed by atoms with van der Waals surface area (Å²) in [5, 5.41) is 2.56. The number of benzene rings is 1. The van der Waals surface area contributed by atoms with Crippen molar-refractivity contribution >= 4 is 11.9 Å². The van der Waals surface area contributed by atoms with Crippen molar-refractivity contribution in [1.82, 2.24) is 5.32 Å². The van der Waals surface area contributed by atoms with Gasteiger partial charge in [-0.2, -0.15) is 0 Å². The standard InChI is InChI=1S/C13H17NO4/c1-9(15)14-11(13(16)18-3)8-10-6-4-5-7-12(10)17-2/h4-7,11H,8H2,1-3H3,(H,14,15). The molecule has 5 nitrogen and oxygen atoms in total. The van der Waals surface area contributed by atoms with Crippen LogP contribution in [0.5, 0.6) is 5.75 Å². The minimum Gasteiger partial charge on any atom is -0.496 e. The monoisotopic (exact) mass is 251 g/mol. The summed E-state index contributed by atoms with van der Waals surface area (Å²) in [5.74, 6) is -0.0758. The summed E-state index contributed by atoms with van der Waals surface area (Å²) in [6.45, 7) is 1.36. The number of rotatable bonds is 5. The van der Waals surface area contributed by atoms with Gasteiger partial charge in [-0.1, -0.05) is 18.2 Å². The fourth-order valence-electron chi connectivity index (χ4n) is 1.67. The molecular formula is C13H17NO4. The van der Waals surface area contributed by atoms with Crippen LogP contribution in [-0.4, -0.2) is 32.1 Å². The third-order valence-corrected chi connectivity index (χ3v) is 2.48. The number of hydrogen-bond acceptors (Lipinski definition) is 4. The molecule has 0 radical (unpaired) electrons. The minimum atomic E-state index is -0.705. The molecule has 98 valence electrons.